The second-order valence-electron chi connectivity index (χ2n) is 7.43. The van der Waals surface area contributed by atoms with Gasteiger partial charge < -0.3 is 4.90 Å². The van der Waals surface area contributed by atoms with Crippen LogP contribution in [0.15, 0.2) is 42.9 Å². The molecule has 3 heterocycles. The molecule has 0 N–H and O–H groups in total. The van der Waals surface area contributed by atoms with Crippen molar-refractivity contribution in [3.05, 3.63) is 42.9 Å². The second-order valence-corrected chi connectivity index (χ2v) is 7.43. The summed E-state index contributed by atoms with van der Waals surface area (Å²) >= 11 is 0. The lowest BCUT2D eigenvalue weighted by molar-refractivity contribution is 0.341. The maximum atomic E-state index is 4.70. The Labute approximate surface area is 147 Å². The highest BCUT2D eigenvalue weighted by Crippen LogP contribution is 2.43. The van der Waals surface area contributed by atoms with E-state index in [1.54, 1.807) is 6.33 Å². The summed E-state index contributed by atoms with van der Waals surface area (Å²) in [6.07, 6.45) is 10.3. The van der Waals surface area contributed by atoms with Gasteiger partial charge in [0.05, 0.1) is 17.3 Å². The van der Waals surface area contributed by atoms with Crippen LogP contribution in [0.5, 0.6) is 0 Å². The third-order valence-electron chi connectivity index (χ3n) is 5.94. The normalized spacial score (nSPS) is 26.1. The Bertz CT molecular complexity index is 887. The van der Waals surface area contributed by atoms with E-state index in [-0.39, 0.29) is 0 Å². The standard InChI is InChI=1S/C20H23N5/c1-14-11-15-7-5-6-10-18(15)24(14)19-17-12-23-25(20(17)22-13-21-19)16-8-3-2-4-9-16/h2-4,8-9,12-15,18H,5-7,10-11H2,1H3. The predicted molar refractivity (Wildman–Crippen MR) is 99.0 cm³/mol. The minimum Gasteiger partial charge on any atom is -0.350 e. The molecule has 1 aliphatic carbocycles. The number of benzene rings is 1. The van der Waals surface area contributed by atoms with Crippen LogP contribution in [0.1, 0.15) is 39.0 Å². The number of nitrogens with zero attached hydrogens (tertiary/aromatic N) is 5. The molecule has 0 spiro atoms. The molecule has 1 saturated carbocycles. The van der Waals surface area contributed by atoms with Crippen molar-refractivity contribution in [3.8, 4) is 5.69 Å². The molecule has 25 heavy (non-hydrogen) atoms. The Balaban J connectivity index is 1.62. The number of para-hydroxylation sites is 1. The van der Waals surface area contributed by atoms with Crippen LogP contribution in [-0.4, -0.2) is 31.8 Å². The van der Waals surface area contributed by atoms with Gasteiger partial charge in [-0.05, 0) is 44.2 Å². The first-order valence-electron chi connectivity index (χ1n) is 9.35. The van der Waals surface area contributed by atoms with Gasteiger partial charge in [0, 0.05) is 12.1 Å². The SMILES string of the molecule is CC1CC2CCCCC2N1c1ncnc2c1cnn2-c1ccccc1. The summed E-state index contributed by atoms with van der Waals surface area (Å²) in [5, 5.41) is 5.67. The van der Waals surface area contributed by atoms with E-state index in [4.69, 9.17) is 4.98 Å². The van der Waals surface area contributed by atoms with Crippen molar-refractivity contribution in [2.45, 2.75) is 51.1 Å². The van der Waals surface area contributed by atoms with Gasteiger partial charge in [0.25, 0.3) is 0 Å². The minimum atomic E-state index is 0.534. The average Bonchev–Trinajstić information content (AvgIpc) is 3.22. The summed E-state index contributed by atoms with van der Waals surface area (Å²) in [5.74, 6) is 1.88. The van der Waals surface area contributed by atoms with Gasteiger partial charge in [-0.2, -0.15) is 5.10 Å². The van der Waals surface area contributed by atoms with E-state index >= 15 is 0 Å². The summed E-state index contributed by atoms with van der Waals surface area (Å²) in [6.45, 7) is 2.34. The molecule has 2 fully saturated rings. The van der Waals surface area contributed by atoms with Crippen LogP contribution in [0.4, 0.5) is 5.82 Å². The summed E-state index contributed by atoms with van der Waals surface area (Å²) in [6, 6.07) is 11.4. The molecule has 0 bridgehead atoms. The monoisotopic (exact) mass is 333 g/mol. The molecule has 1 aliphatic heterocycles. The van der Waals surface area contributed by atoms with E-state index in [0.717, 1.165) is 28.5 Å². The molecule has 3 aromatic rings. The van der Waals surface area contributed by atoms with Crippen molar-refractivity contribution in [1.82, 2.24) is 19.7 Å². The third-order valence-corrected chi connectivity index (χ3v) is 5.94. The quantitative estimate of drug-likeness (QED) is 0.712. The van der Waals surface area contributed by atoms with Gasteiger partial charge in [-0.15, -0.1) is 0 Å². The van der Waals surface area contributed by atoms with Crippen molar-refractivity contribution in [1.29, 1.82) is 0 Å². The smallest absolute Gasteiger partial charge is 0.168 e. The molecule has 1 aromatic carbocycles. The fourth-order valence-corrected chi connectivity index (χ4v) is 4.87. The highest BCUT2D eigenvalue weighted by molar-refractivity contribution is 5.88. The molecule has 3 atom stereocenters. The molecular formula is C20H23N5. The Kier molecular flexibility index (Phi) is 3.47. The molecule has 0 amide bonds. The Morgan fingerprint density at radius 3 is 2.76 bits per heavy atom. The number of aromatic nitrogens is 4. The Hall–Kier alpha value is -2.43. The van der Waals surface area contributed by atoms with Crippen LogP contribution < -0.4 is 4.90 Å². The molecule has 1 saturated heterocycles. The van der Waals surface area contributed by atoms with Crippen molar-refractivity contribution < 1.29 is 0 Å². The highest BCUT2D eigenvalue weighted by Gasteiger charge is 2.41. The summed E-state index contributed by atoms with van der Waals surface area (Å²) in [7, 11) is 0. The fraction of sp³-hybridized carbons (Fsp3) is 0.450. The molecule has 5 nitrogen and oxygen atoms in total. The van der Waals surface area contributed by atoms with Crippen LogP contribution >= 0.6 is 0 Å². The molecule has 5 heteroatoms. The lowest BCUT2D eigenvalue weighted by Gasteiger charge is -2.34. The van der Waals surface area contributed by atoms with E-state index in [2.05, 4.69) is 34.0 Å². The second kappa shape index (κ2) is 5.83. The number of hydrogen-bond donors (Lipinski definition) is 0. The lowest BCUT2D eigenvalue weighted by Crippen LogP contribution is -2.38. The maximum Gasteiger partial charge on any atom is 0.168 e. The van der Waals surface area contributed by atoms with Crippen LogP contribution in [0.25, 0.3) is 16.7 Å². The van der Waals surface area contributed by atoms with E-state index in [0.29, 0.717) is 12.1 Å². The van der Waals surface area contributed by atoms with Gasteiger partial charge in [0.15, 0.2) is 5.65 Å². The van der Waals surface area contributed by atoms with Crippen molar-refractivity contribution >= 4 is 16.9 Å². The zero-order valence-corrected chi connectivity index (χ0v) is 14.5. The van der Waals surface area contributed by atoms with E-state index < -0.39 is 0 Å². The first kappa shape index (κ1) is 14.9. The minimum absolute atomic E-state index is 0.534. The number of anilines is 1. The van der Waals surface area contributed by atoms with Crippen molar-refractivity contribution in [2.24, 2.45) is 5.92 Å². The van der Waals surface area contributed by atoms with Crippen LogP contribution in [-0.2, 0) is 0 Å². The van der Waals surface area contributed by atoms with Gasteiger partial charge in [0.1, 0.15) is 12.1 Å². The van der Waals surface area contributed by atoms with Gasteiger partial charge in [-0.3, -0.25) is 0 Å². The third kappa shape index (κ3) is 2.33. The predicted octanol–water partition coefficient (Wildman–Crippen LogP) is 3.97. The molecule has 3 unspecified atom stereocenters. The van der Waals surface area contributed by atoms with Gasteiger partial charge in [-0.1, -0.05) is 31.0 Å². The molecule has 128 valence electrons. The Morgan fingerprint density at radius 2 is 1.88 bits per heavy atom. The molecule has 2 aromatic heterocycles. The highest BCUT2D eigenvalue weighted by atomic mass is 15.3. The maximum absolute atomic E-state index is 4.70. The first-order chi connectivity index (χ1) is 12.3. The van der Waals surface area contributed by atoms with Crippen molar-refractivity contribution in [2.75, 3.05) is 4.90 Å². The number of fused-ring (bicyclic) bond motifs is 2. The fourth-order valence-electron chi connectivity index (χ4n) is 4.87. The van der Waals surface area contributed by atoms with E-state index in [9.17, 15) is 0 Å². The van der Waals surface area contributed by atoms with Gasteiger partial charge in [-0.25, -0.2) is 14.6 Å². The van der Waals surface area contributed by atoms with E-state index in [1.165, 1.54) is 32.1 Å². The zero-order valence-electron chi connectivity index (χ0n) is 14.5. The van der Waals surface area contributed by atoms with E-state index in [1.807, 2.05) is 29.1 Å². The van der Waals surface area contributed by atoms with Gasteiger partial charge in [0.2, 0.25) is 0 Å². The lowest BCUT2D eigenvalue weighted by atomic mass is 9.85. The summed E-state index contributed by atoms with van der Waals surface area (Å²) < 4.78 is 1.92. The largest absolute Gasteiger partial charge is 0.350 e. The van der Waals surface area contributed by atoms with Crippen molar-refractivity contribution in [3.63, 3.8) is 0 Å². The molecule has 2 aliphatic rings. The molecule has 5 rings (SSSR count). The first-order valence-corrected chi connectivity index (χ1v) is 9.35. The average molecular weight is 333 g/mol. The number of hydrogen-bond acceptors (Lipinski definition) is 4. The topological polar surface area (TPSA) is 46.8 Å². The van der Waals surface area contributed by atoms with Gasteiger partial charge >= 0.3 is 0 Å². The number of rotatable bonds is 2. The zero-order chi connectivity index (χ0) is 16.8. The van der Waals surface area contributed by atoms with Crippen LogP contribution in [0.2, 0.25) is 0 Å². The molecular weight excluding hydrogens is 310 g/mol. The summed E-state index contributed by atoms with van der Waals surface area (Å²) in [5.41, 5.74) is 1.93. The molecule has 0 radical (unpaired) electrons. The summed E-state index contributed by atoms with van der Waals surface area (Å²) in [4.78, 5) is 11.8. The van der Waals surface area contributed by atoms with Crippen LogP contribution in [0.3, 0.4) is 0 Å². The Morgan fingerprint density at radius 1 is 1.04 bits per heavy atom. The van der Waals surface area contributed by atoms with Crippen LogP contribution in [0, 0.1) is 5.92 Å².